The molecule has 0 aliphatic rings. The number of hydrogen-bond donors (Lipinski definition) is 1. The van der Waals surface area contributed by atoms with Crippen molar-refractivity contribution in [1.29, 1.82) is 0 Å². The first-order valence-electron chi connectivity index (χ1n) is 4.51. The van der Waals surface area contributed by atoms with E-state index < -0.39 is 0 Å². The van der Waals surface area contributed by atoms with Crippen molar-refractivity contribution in [3.8, 4) is 0 Å². The highest BCUT2D eigenvalue weighted by Crippen LogP contribution is 2.20. The smallest absolute Gasteiger partial charge is 0.0471 e. The Balaban J connectivity index is 2.99. The lowest BCUT2D eigenvalue weighted by atomic mass is 9.98. The molecule has 0 aromatic heterocycles. The SMILES string of the molecule is C=C(CCO)c1cc(C)ccc1C. The molecule has 70 valence electrons. The van der Waals surface area contributed by atoms with Gasteiger partial charge in [-0.15, -0.1) is 0 Å². The summed E-state index contributed by atoms with van der Waals surface area (Å²) in [6, 6.07) is 6.30. The molecule has 0 atom stereocenters. The fourth-order valence-electron chi connectivity index (χ4n) is 1.39. The molecule has 1 rings (SSSR count). The van der Waals surface area contributed by atoms with Gasteiger partial charge in [-0.1, -0.05) is 30.3 Å². The maximum atomic E-state index is 8.80. The van der Waals surface area contributed by atoms with E-state index in [0.717, 1.165) is 5.57 Å². The Hall–Kier alpha value is -1.08. The fourth-order valence-corrected chi connectivity index (χ4v) is 1.39. The summed E-state index contributed by atoms with van der Waals surface area (Å²) < 4.78 is 0. The topological polar surface area (TPSA) is 20.2 Å². The van der Waals surface area contributed by atoms with Crippen LogP contribution in [0.4, 0.5) is 0 Å². The van der Waals surface area contributed by atoms with Crippen molar-refractivity contribution in [2.45, 2.75) is 20.3 Å². The average molecular weight is 176 g/mol. The van der Waals surface area contributed by atoms with Crippen molar-refractivity contribution in [1.82, 2.24) is 0 Å². The van der Waals surface area contributed by atoms with Crippen LogP contribution in [0.3, 0.4) is 0 Å². The zero-order valence-electron chi connectivity index (χ0n) is 8.30. The molecule has 0 aliphatic carbocycles. The third-order valence-electron chi connectivity index (χ3n) is 2.19. The van der Waals surface area contributed by atoms with Crippen LogP contribution < -0.4 is 0 Å². The van der Waals surface area contributed by atoms with E-state index in [-0.39, 0.29) is 6.61 Å². The van der Waals surface area contributed by atoms with Gasteiger partial charge in [-0.25, -0.2) is 0 Å². The van der Waals surface area contributed by atoms with Crippen molar-refractivity contribution < 1.29 is 5.11 Å². The van der Waals surface area contributed by atoms with Crippen LogP contribution in [-0.2, 0) is 0 Å². The van der Waals surface area contributed by atoms with Crippen LogP contribution in [0, 0.1) is 13.8 Å². The minimum Gasteiger partial charge on any atom is -0.396 e. The third-order valence-corrected chi connectivity index (χ3v) is 2.19. The maximum Gasteiger partial charge on any atom is 0.0471 e. The minimum absolute atomic E-state index is 0.173. The molecule has 0 aliphatic heterocycles. The van der Waals surface area contributed by atoms with Crippen LogP contribution in [0.2, 0.25) is 0 Å². The molecule has 1 aromatic rings. The molecule has 0 fully saturated rings. The van der Waals surface area contributed by atoms with Gasteiger partial charge < -0.3 is 5.11 Å². The minimum atomic E-state index is 0.173. The summed E-state index contributed by atoms with van der Waals surface area (Å²) in [5.74, 6) is 0. The van der Waals surface area contributed by atoms with Gasteiger partial charge in [-0.2, -0.15) is 0 Å². The third kappa shape index (κ3) is 2.43. The van der Waals surface area contributed by atoms with Gasteiger partial charge in [0.1, 0.15) is 0 Å². The highest BCUT2D eigenvalue weighted by Gasteiger charge is 2.02. The van der Waals surface area contributed by atoms with Crippen LogP contribution in [0.25, 0.3) is 5.57 Å². The predicted molar refractivity (Wildman–Crippen MR) is 56.7 cm³/mol. The Morgan fingerprint density at radius 2 is 2.08 bits per heavy atom. The molecule has 1 heteroatoms. The summed E-state index contributed by atoms with van der Waals surface area (Å²) in [6.07, 6.45) is 0.657. The van der Waals surface area contributed by atoms with Gasteiger partial charge in [0.25, 0.3) is 0 Å². The summed E-state index contributed by atoms with van der Waals surface area (Å²) >= 11 is 0. The Kier molecular flexibility index (Phi) is 3.26. The number of hydrogen-bond acceptors (Lipinski definition) is 1. The lowest BCUT2D eigenvalue weighted by molar-refractivity contribution is 0.305. The van der Waals surface area contributed by atoms with Gasteiger partial charge in [-0.3, -0.25) is 0 Å². The number of rotatable bonds is 3. The zero-order chi connectivity index (χ0) is 9.84. The van der Waals surface area contributed by atoms with Crippen LogP contribution >= 0.6 is 0 Å². The highest BCUT2D eigenvalue weighted by molar-refractivity contribution is 5.66. The summed E-state index contributed by atoms with van der Waals surface area (Å²) in [6.45, 7) is 8.26. The van der Waals surface area contributed by atoms with Gasteiger partial charge in [0, 0.05) is 6.61 Å². The molecule has 0 saturated heterocycles. The van der Waals surface area contributed by atoms with Crippen molar-refractivity contribution in [2.24, 2.45) is 0 Å². The molecule has 1 N–H and O–H groups in total. The van der Waals surface area contributed by atoms with E-state index in [2.05, 4.69) is 38.6 Å². The maximum absolute atomic E-state index is 8.80. The van der Waals surface area contributed by atoms with Crippen molar-refractivity contribution in [3.63, 3.8) is 0 Å². The Bertz CT molecular complexity index is 313. The highest BCUT2D eigenvalue weighted by atomic mass is 16.2. The van der Waals surface area contributed by atoms with E-state index in [4.69, 9.17) is 5.11 Å². The summed E-state index contributed by atoms with van der Waals surface area (Å²) in [4.78, 5) is 0. The van der Waals surface area contributed by atoms with Crippen LogP contribution in [0.15, 0.2) is 24.8 Å². The molecule has 0 saturated carbocycles. The summed E-state index contributed by atoms with van der Waals surface area (Å²) in [5.41, 5.74) is 4.65. The average Bonchev–Trinajstić information content (AvgIpc) is 2.09. The molecular formula is C12H16O. The van der Waals surface area contributed by atoms with Gasteiger partial charge >= 0.3 is 0 Å². The van der Waals surface area contributed by atoms with Gasteiger partial charge in [0.2, 0.25) is 0 Å². The van der Waals surface area contributed by atoms with Crippen LogP contribution in [0.1, 0.15) is 23.1 Å². The Morgan fingerprint density at radius 1 is 1.38 bits per heavy atom. The molecule has 1 nitrogen and oxygen atoms in total. The van der Waals surface area contributed by atoms with Crippen molar-refractivity contribution in [2.75, 3.05) is 6.61 Å². The number of aliphatic hydroxyl groups is 1. The standard InChI is InChI=1S/C12H16O/c1-9-4-5-10(2)12(8-9)11(3)6-7-13/h4-5,8,13H,3,6-7H2,1-2H3. The van der Waals surface area contributed by atoms with Gasteiger partial charge in [-0.05, 0) is 37.0 Å². The molecule has 0 unspecified atom stereocenters. The number of aryl methyl sites for hydroxylation is 2. The second kappa shape index (κ2) is 4.24. The second-order valence-electron chi connectivity index (χ2n) is 3.40. The number of benzene rings is 1. The van der Waals surface area contributed by atoms with E-state index in [1.54, 1.807) is 0 Å². The number of aliphatic hydroxyl groups excluding tert-OH is 1. The molecule has 0 spiro atoms. The molecule has 0 bridgehead atoms. The summed E-state index contributed by atoms with van der Waals surface area (Å²) in [7, 11) is 0. The monoisotopic (exact) mass is 176 g/mol. The zero-order valence-corrected chi connectivity index (χ0v) is 8.30. The second-order valence-corrected chi connectivity index (χ2v) is 3.40. The molecule has 0 amide bonds. The first-order chi connectivity index (χ1) is 6.15. The van der Waals surface area contributed by atoms with E-state index in [9.17, 15) is 0 Å². The summed E-state index contributed by atoms with van der Waals surface area (Å²) in [5, 5.41) is 8.80. The fraction of sp³-hybridized carbons (Fsp3) is 0.333. The molecule has 13 heavy (non-hydrogen) atoms. The first-order valence-corrected chi connectivity index (χ1v) is 4.51. The van der Waals surface area contributed by atoms with Crippen molar-refractivity contribution in [3.05, 3.63) is 41.5 Å². The van der Waals surface area contributed by atoms with E-state index in [1.165, 1.54) is 16.7 Å². The quantitative estimate of drug-likeness (QED) is 0.750. The normalized spacial score (nSPS) is 10.1. The Labute approximate surface area is 79.7 Å². The van der Waals surface area contributed by atoms with Gasteiger partial charge in [0.05, 0.1) is 0 Å². The van der Waals surface area contributed by atoms with E-state index >= 15 is 0 Å². The first kappa shape index (κ1) is 10.0. The van der Waals surface area contributed by atoms with Crippen molar-refractivity contribution >= 4 is 5.57 Å². The molecular weight excluding hydrogens is 160 g/mol. The largest absolute Gasteiger partial charge is 0.396 e. The van der Waals surface area contributed by atoms with Crippen LogP contribution in [0.5, 0.6) is 0 Å². The van der Waals surface area contributed by atoms with E-state index in [0.29, 0.717) is 6.42 Å². The molecule has 0 radical (unpaired) electrons. The molecule has 1 aromatic carbocycles. The van der Waals surface area contributed by atoms with E-state index in [1.807, 2.05) is 0 Å². The lowest BCUT2D eigenvalue weighted by Crippen LogP contribution is -1.91. The molecule has 0 heterocycles. The Morgan fingerprint density at radius 3 is 2.69 bits per heavy atom. The lowest BCUT2D eigenvalue weighted by Gasteiger charge is -2.08. The predicted octanol–water partition coefficient (Wildman–Crippen LogP) is 2.70. The van der Waals surface area contributed by atoms with Gasteiger partial charge in [0.15, 0.2) is 0 Å². The van der Waals surface area contributed by atoms with Crippen LogP contribution in [-0.4, -0.2) is 11.7 Å².